The summed E-state index contributed by atoms with van der Waals surface area (Å²) >= 11 is 0. The summed E-state index contributed by atoms with van der Waals surface area (Å²) in [4.78, 5) is 7.12. The Balaban J connectivity index is 1.63. The van der Waals surface area contributed by atoms with Gasteiger partial charge in [-0.15, -0.1) is 0 Å². The lowest BCUT2D eigenvalue weighted by Gasteiger charge is -2.18. The molecule has 16 heavy (non-hydrogen) atoms. The van der Waals surface area contributed by atoms with Gasteiger partial charge in [0.05, 0.1) is 12.0 Å². The van der Waals surface area contributed by atoms with Crippen LogP contribution in [0.5, 0.6) is 0 Å². The van der Waals surface area contributed by atoms with Crippen LogP contribution in [-0.2, 0) is 19.4 Å². The van der Waals surface area contributed by atoms with Crippen LogP contribution < -0.4 is 0 Å². The van der Waals surface area contributed by atoms with Crippen LogP contribution in [0.3, 0.4) is 0 Å². The lowest BCUT2D eigenvalue weighted by molar-refractivity contribution is 0.320. The molecule has 1 aliphatic heterocycles. The monoisotopic (exact) mass is 219 g/mol. The average molecular weight is 219 g/mol. The number of rotatable bonds is 3. The zero-order chi connectivity index (χ0) is 10.8. The lowest BCUT2D eigenvalue weighted by Crippen LogP contribution is -2.24. The van der Waals surface area contributed by atoms with Crippen LogP contribution in [0.1, 0.15) is 37.1 Å². The molecule has 0 saturated carbocycles. The summed E-state index contributed by atoms with van der Waals surface area (Å²) in [5.41, 5.74) is 2.89. The molecule has 1 aliphatic carbocycles. The fraction of sp³-hybridized carbons (Fsp3) is 0.769. The quantitative estimate of drug-likeness (QED) is 0.773. The molecular weight excluding hydrogens is 198 g/mol. The van der Waals surface area contributed by atoms with Gasteiger partial charge in [0, 0.05) is 18.8 Å². The molecule has 0 amide bonds. The number of likely N-dealkylation sites (tertiary alicyclic amines) is 1. The molecule has 1 fully saturated rings. The maximum Gasteiger partial charge on any atom is 0.0952 e. The Kier molecular flexibility index (Phi) is 2.96. The van der Waals surface area contributed by atoms with Gasteiger partial charge < -0.3 is 9.47 Å². The molecule has 0 N–H and O–H groups in total. The van der Waals surface area contributed by atoms with Gasteiger partial charge in [-0.05, 0) is 51.6 Å². The van der Waals surface area contributed by atoms with Crippen molar-refractivity contribution in [3.63, 3.8) is 0 Å². The zero-order valence-electron chi connectivity index (χ0n) is 9.99. The van der Waals surface area contributed by atoms with E-state index in [1.807, 2.05) is 0 Å². The van der Waals surface area contributed by atoms with E-state index >= 15 is 0 Å². The molecule has 3 rings (SSSR count). The molecule has 0 spiro atoms. The summed E-state index contributed by atoms with van der Waals surface area (Å²) in [6.07, 6.45) is 9.97. The Morgan fingerprint density at radius 2 is 1.81 bits per heavy atom. The highest BCUT2D eigenvalue weighted by molar-refractivity contribution is 5.16. The highest BCUT2D eigenvalue weighted by Crippen LogP contribution is 2.19. The maximum atomic E-state index is 4.55. The third kappa shape index (κ3) is 2.01. The number of imidazole rings is 1. The number of aromatic nitrogens is 2. The molecule has 1 saturated heterocycles. The molecule has 1 aromatic heterocycles. The van der Waals surface area contributed by atoms with Crippen molar-refractivity contribution in [3.05, 3.63) is 17.7 Å². The number of aryl methyl sites for hydroxylation is 1. The van der Waals surface area contributed by atoms with Crippen LogP contribution in [0.2, 0.25) is 0 Å². The van der Waals surface area contributed by atoms with Crippen LogP contribution in [-0.4, -0.2) is 34.1 Å². The topological polar surface area (TPSA) is 21.1 Å². The van der Waals surface area contributed by atoms with E-state index in [1.54, 1.807) is 0 Å². The van der Waals surface area contributed by atoms with Crippen molar-refractivity contribution >= 4 is 0 Å². The first-order chi connectivity index (χ1) is 7.93. The van der Waals surface area contributed by atoms with Crippen LogP contribution in [0.25, 0.3) is 0 Å². The van der Waals surface area contributed by atoms with E-state index in [0.29, 0.717) is 0 Å². The minimum absolute atomic E-state index is 1.14. The maximum absolute atomic E-state index is 4.55. The van der Waals surface area contributed by atoms with Gasteiger partial charge in [-0.3, -0.25) is 0 Å². The number of fused-ring (bicyclic) bond motifs is 1. The smallest absolute Gasteiger partial charge is 0.0952 e. The van der Waals surface area contributed by atoms with Crippen LogP contribution in [0, 0.1) is 0 Å². The predicted octanol–water partition coefficient (Wildman–Crippen LogP) is 1.86. The Morgan fingerprint density at radius 3 is 2.69 bits per heavy atom. The van der Waals surface area contributed by atoms with E-state index < -0.39 is 0 Å². The highest BCUT2D eigenvalue weighted by atomic mass is 15.2. The summed E-state index contributed by atoms with van der Waals surface area (Å²) in [6.45, 7) is 4.96. The van der Waals surface area contributed by atoms with Crippen LogP contribution in [0.15, 0.2) is 6.33 Å². The van der Waals surface area contributed by atoms with Crippen molar-refractivity contribution < 1.29 is 0 Å². The third-order valence-corrected chi connectivity index (χ3v) is 3.97. The fourth-order valence-corrected chi connectivity index (χ4v) is 2.98. The standard InChI is InChI=1S/C13H21N3/c1-2-6-13-12(5-1)14-11-16(13)10-9-15-7-3-4-8-15/h11H,1-10H2. The summed E-state index contributed by atoms with van der Waals surface area (Å²) in [5.74, 6) is 0. The minimum atomic E-state index is 1.14. The predicted molar refractivity (Wildman–Crippen MR) is 64.5 cm³/mol. The van der Waals surface area contributed by atoms with E-state index in [1.165, 1.54) is 69.5 Å². The van der Waals surface area contributed by atoms with E-state index in [9.17, 15) is 0 Å². The third-order valence-electron chi connectivity index (χ3n) is 3.97. The van der Waals surface area contributed by atoms with Crippen LogP contribution >= 0.6 is 0 Å². The number of nitrogens with zero attached hydrogens (tertiary/aromatic N) is 3. The van der Waals surface area contributed by atoms with Gasteiger partial charge in [-0.25, -0.2) is 4.98 Å². The molecule has 1 aromatic rings. The minimum Gasteiger partial charge on any atom is -0.333 e. The first kappa shape index (κ1) is 10.3. The van der Waals surface area contributed by atoms with Gasteiger partial charge in [0.15, 0.2) is 0 Å². The van der Waals surface area contributed by atoms with Gasteiger partial charge in [0.2, 0.25) is 0 Å². The molecule has 0 aromatic carbocycles. The number of hydrogen-bond donors (Lipinski definition) is 0. The Hall–Kier alpha value is -0.830. The van der Waals surface area contributed by atoms with Crippen LogP contribution in [0.4, 0.5) is 0 Å². The van der Waals surface area contributed by atoms with Crippen molar-refractivity contribution in [1.82, 2.24) is 14.5 Å². The average Bonchev–Trinajstić information content (AvgIpc) is 2.96. The van der Waals surface area contributed by atoms with Gasteiger partial charge in [0.1, 0.15) is 0 Å². The molecular formula is C13H21N3. The van der Waals surface area contributed by atoms with Crippen molar-refractivity contribution in [2.24, 2.45) is 0 Å². The van der Waals surface area contributed by atoms with E-state index in [2.05, 4.69) is 20.8 Å². The molecule has 3 heteroatoms. The molecule has 0 atom stereocenters. The first-order valence-electron chi connectivity index (χ1n) is 6.69. The van der Waals surface area contributed by atoms with Crippen molar-refractivity contribution in [2.75, 3.05) is 19.6 Å². The van der Waals surface area contributed by atoms with Gasteiger partial charge in [-0.1, -0.05) is 0 Å². The normalized spacial score (nSPS) is 21.2. The molecule has 2 heterocycles. The zero-order valence-corrected chi connectivity index (χ0v) is 9.99. The molecule has 3 nitrogen and oxygen atoms in total. The SMILES string of the molecule is c1nc2c(n1CCN1CCCC1)CCCC2. The van der Waals surface area contributed by atoms with Gasteiger partial charge in [0.25, 0.3) is 0 Å². The van der Waals surface area contributed by atoms with E-state index in [-0.39, 0.29) is 0 Å². The van der Waals surface area contributed by atoms with E-state index in [0.717, 1.165) is 6.54 Å². The van der Waals surface area contributed by atoms with Crippen molar-refractivity contribution in [2.45, 2.75) is 45.1 Å². The van der Waals surface area contributed by atoms with Crippen molar-refractivity contribution in [1.29, 1.82) is 0 Å². The Morgan fingerprint density at radius 1 is 1.00 bits per heavy atom. The Labute approximate surface area is 97.5 Å². The second-order valence-electron chi connectivity index (χ2n) is 5.09. The van der Waals surface area contributed by atoms with Crippen molar-refractivity contribution in [3.8, 4) is 0 Å². The molecule has 0 bridgehead atoms. The van der Waals surface area contributed by atoms with E-state index in [4.69, 9.17) is 0 Å². The molecule has 0 unspecified atom stereocenters. The largest absolute Gasteiger partial charge is 0.333 e. The second-order valence-corrected chi connectivity index (χ2v) is 5.09. The lowest BCUT2D eigenvalue weighted by atomic mass is 10.0. The highest BCUT2D eigenvalue weighted by Gasteiger charge is 2.16. The molecule has 0 radical (unpaired) electrons. The van der Waals surface area contributed by atoms with Gasteiger partial charge in [-0.2, -0.15) is 0 Å². The summed E-state index contributed by atoms with van der Waals surface area (Å²) in [6, 6.07) is 0. The second kappa shape index (κ2) is 4.58. The fourth-order valence-electron chi connectivity index (χ4n) is 2.98. The molecule has 2 aliphatic rings. The summed E-state index contributed by atoms with van der Waals surface area (Å²) in [5, 5.41) is 0. The summed E-state index contributed by atoms with van der Waals surface area (Å²) in [7, 11) is 0. The molecule has 88 valence electrons. The Bertz CT molecular complexity index is 350. The van der Waals surface area contributed by atoms with Gasteiger partial charge >= 0.3 is 0 Å². The first-order valence-corrected chi connectivity index (χ1v) is 6.69. The summed E-state index contributed by atoms with van der Waals surface area (Å²) < 4.78 is 2.40. The number of hydrogen-bond acceptors (Lipinski definition) is 2.